The van der Waals surface area contributed by atoms with Crippen molar-refractivity contribution >= 4 is 21.9 Å². The SMILES string of the molecule is c1ccc(CN=NCc2cccc3c2oc2ccccc23)cc1. The number of rotatable bonds is 4. The van der Waals surface area contributed by atoms with E-state index in [-0.39, 0.29) is 0 Å². The van der Waals surface area contributed by atoms with Gasteiger partial charge in [-0.1, -0.05) is 66.7 Å². The Balaban J connectivity index is 1.59. The number of azo groups is 1. The van der Waals surface area contributed by atoms with Gasteiger partial charge >= 0.3 is 0 Å². The minimum Gasteiger partial charge on any atom is -0.456 e. The van der Waals surface area contributed by atoms with Gasteiger partial charge in [0.15, 0.2) is 0 Å². The molecule has 3 nitrogen and oxygen atoms in total. The third kappa shape index (κ3) is 2.73. The lowest BCUT2D eigenvalue weighted by molar-refractivity contribution is 0.661. The molecule has 3 aromatic carbocycles. The summed E-state index contributed by atoms with van der Waals surface area (Å²) in [6.45, 7) is 1.14. The molecule has 4 aromatic rings. The van der Waals surface area contributed by atoms with Gasteiger partial charge in [0, 0.05) is 16.3 Å². The minimum absolute atomic E-state index is 0.532. The van der Waals surface area contributed by atoms with Crippen molar-refractivity contribution in [3.63, 3.8) is 0 Å². The Kier molecular flexibility index (Phi) is 3.60. The lowest BCUT2D eigenvalue weighted by atomic mass is 10.1. The second kappa shape index (κ2) is 6.05. The van der Waals surface area contributed by atoms with Crippen molar-refractivity contribution in [3.05, 3.63) is 83.9 Å². The molecule has 0 amide bonds. The largest absolute Gasteiger partial charge is 0.456 e. The lowest BCUT2D eigenvalue weighted by Gasteiger charge is -1.98. The molecule has 1 aromatic heterocycles. The van der Waals surface area contributed by atoms with Gasteiger partial charge in [-0.3, -0.25) is 0 Å². The summed E-state index contributed by atoms with van der Waals surface area (Å²) in [5.41, 5.74) is 4.05. The zero-order valence-electron chi connectivity index (χ0n) is 12.6. The van der Waals surface area contributed by atoms with Gasteiger partial charge in [0.25, 0.3) is 0 Å². The molecule has 0 aliphatic rings. The molecule has 0 saturated carbocycles. The van der Waals surface area contributed by atoms with Gasteiger partial charge in [-0.15, -0.1) is 0 Å². The predicted octanol–water partition coefficient (Wildman–Crippen LogP) is 5.74. The maximum atomic E-state index is 6.00. The van der Waals surface area contributed by atoms with Crippen LogP contribution in [0.25, 0.3) is 21.9 Å². The van der Waals surface area contributed by atoms with Crippen molar-refractivity contribution < 1.29 is 4.42 Å². The van der Waals surface area contributed by atoms with Crippen LogP contribution in [0.5, 0.6) is 0 Å². The predicted molar refractivity (Wildman–Crippen MR) is 92.4 cm³/mol. The van der Waals surface area contributed by atoms with Crippen LogP contribution >= 0.6 is 0 Å². The summed E-state index contributed by atoms with van der Waals surface area (Å²) in [6.07, 6.45) is 0. The number of furan rings is 1. The van der Waals surface area contributed by atoms with Crippen LogP contribution in [0, 0.1) is 0 Å². The first-order chi connectivity index (χ1) is 11.4. The van der Waals surface area contributed by atoms with E-state index in [0.717, 1.165) is 33.1 Å². The summed E-state index contributed by atoms with van der Waals surface area (Å²) in [7, 11) is 0. The Labute approximate surface area is 134 Å². The van der Waals surface area contributed by atoms with E-state index < -0.39 is 0 Å². The van der Waals surface area contributed by atoms with E-state index in [1.165, 1.54) is 0 Å². The molecule has 0 saturated heterocycles. The van der Waals surface area contributed by atoms with Gasteiger partial charge in [0.05, 0.1) is 13.1 Å². The minimum atomic E-state index is 0.532. The van der Waals surface area contributed by atoms with E-state index in [0.29, 0.717) is 13.1 Å². The van der Waals surface area contributed by atoms with Crippen LogP contribution in [0.1, 0.15) is 11.1 Å². The van der Waals surface area contributed by atoms with Crippen LogP contribution in [0.3, 0.4) is 0 Å². The topological polar surface area (TPSA) is 37.9 Å². The molecule has 3 heteroatoms. The molecule has 0 N–H and O–H groups in total. The van der Waals surface area contributed by atoms with Gasteiger partial charge in [-0.25, -0.2) is 0 Å². The molecule has 112 valence electrons. The molecular formula is C20H16N2O. The molecule has 0 atom stereocenters. The second-order valence-corrected chi connectivity index (χ2v) is 5.48. The normalized spacial score (nSPS) is 11.7. The first-order valence-electron chi connectivity index (χ1n) is 7.68. The zero-order chi connectivity index (χ0) is 15.5. The highest BCUT2D eigenvalue weighted by molar-refractivity contribution is 6.05. The smallest absolute Gasteiger partial charge is 0.140 e. The Morgan fingerprint density at radius 1 is 0.652 bits per heavy atom. The molecule has 0 aliphatic carbocycles. The summed E-state index contributed by atoms with van der Waals surface area (Å²) < 4.78 is 6.00. The van der Waals surface area contributed by atoms with Crippen LogP contribution in [0.2, 0.25) is 0 Å². The van der Waals surface area contributed by atoms with Gasteiger partial charge in [-0.2, -0.15) is 10.2 Å². The summed E-state index contributed by atoms with van der Waals surface area (Å²) in [5.74, 6) is 0. The highest BCUT2D eigenvalue weighted by atomic mass is 16.3. The van der Waals surface area contributed by atoms with Crippen molar-refractivity contribution in [2.45, 2.75) is 13.1 Å². The van der Waals surface area contributed by atoms with Crippen LogP contribution in [-0.2, 0) is 13.1 Å². The summed E-state index contributed by atoms with van der Waals surface area (Å²) in [6, 6.07) is 24.4. The van der Waals surface area contributed by atoms with Gasteiger partial charge in [-0.05, 0) is 11.6 Å². The average molecular weight is 300 g/mol. The fourth-order valence-corrected chi connectivity index (χ4v) is 2.77. The van der Waals surface area contributed by atoms with Crippen molar-refractivity contribution in [1.82, 2.24) is 0 Å². The molecule has 4 rings (SSSR count). The first-order valence-corrected chi connectivity index (χ1v) is 7.68. The fraction of sp³-hybridized carbons (Fsp3) is 0.100. The Morgan fingerprint density at radius 2 is 1.39 bits per heavy atom. The molecule has 0 aliphatic heterocycles. The maximum absolute atomic E-state index is 6.00. The number of hydrogen-bond acceptors (Lipinski definition) is 3. The van der Waals surface area contributed by atoms with Crippen LogP contribution < -0.4 is 0 Å². The number of para-hydroxylation sites is 2. The molecule has 0 unspecified atom stereocenters. The quantitative estimate of drug-likeness (QED) is 0.443. The number of nitrogens with zero attached hydrogens (tertiary/aromatic N) is 2. The van der Waals surface area contributed by atoms with Gasteiger partial charge in [0.2, 0.25) is 0 Å². The van der Waals surface area contributed by atoms with E-state index >= 15 is 0 Å². The average Bonchev–Trinajstić information content (AvgIpc) is 2.99. The summed E-state index contributed by atoms with van der Waals surface area (Å²) in [4.78, 5) is 0. The summed E-state index contributed by atoms with van der Waals surface area (Å²) >= 11 is 0. The second-order valence-electron chi connectivity index (χ2n) is 5.48. The molecule has 0 bridgehead atoms. The third-order valence-corrected chi connectivity index (χ3v) is 3.92. The molecule has 0 spiro atoms. The Morgan fingerprint density at radius 3 is 2.30 bits per heavy atom. The molecule has 23 heavy (non-hydrogen) atoms. The van der Waals surface area contributed by atoms with Crippen molar-refractivity contribution in [1.29, 1.82) is 0 Å². The van der Waals surface area contributed by atoms with Crippen molar-refractivity contribution in [2.75, 3.05) is 0 Å². The lowest BCUT2D eigenvalue weighted by Crippen LogP contribution is -1.83. The van der Waals surface area contributed by atoms with E-state index in [1.54, 1.807) is 0 Å². The molecule has 0 radical (unpaired) electrons. The Bertz CT molecular complexity index is 971. The van der Waals surface area contributed by atoms with Gasteiger partial charge < -0.3 is 4.42 Å². The third-order valence-electron chi connectivity index (χ3n) is 3.92. The van der Waals surface area contributed by atoms with Crippen LogP contribution in [0.15, 0.2) is 87.4 Å². The first kappa shape index (κ1) is 13.7. The van der Waals surface area contributed by atoms with E-state index in [2.05, 4.69) is 34.5 Å². The van der Waals surface area contributed by atoms with Crippen LogP contribution in [-0.4, -0.2) is 0 Å². The van der Waals surface area contributed by atoms with Crippen LogP contribution in [0.4, 0.5) is 0 Å². The van der Waals surface area contributed by atoms with Crippen molar-refractivity contribution in [3.8, 4) is 0 Å². The van der Waals surface area contributed by atoms with E-state index in [1.807, 2.05) is 48.5 Å². The molecular weight excluding hydrogens is 284 g/mol. The highest BCUT2D eigenvalue weighted by Crippen LogP contribution is 2.30. The number of hydrogen-bond donors (Lipinski definition) is 0. The number of fused-ring (bicyclic) bond motifs is 3. The van der Waals surface area contributed by atoms with E-state index in [9.17, 15) is 0 Å². The fourth-order valence-electron chi connectivity index (χ4n) is 2.77. The highest BCUT2D eigenvalue weighted by Gasteiger charge is 2.09. The van der Waals surface area contributed by atoms with Gasteiger partial charge in [0.1, 0.15) is 11.2 Å². The van der Waals surface area contributed by atoms with E-state index in [4.69, 9.17) is 4.42 Å². The standard InChI is InChI=1S/C20H16N2O/c1-2-7-15(8-3-1)13-21-22-14-16-9-6-11-18-17-10-4-5-12-19(17)23-20(16)18/h1-12H,13-14H2. The number of benzene rings is 3. The zero-order valence-corrected chi connectivity index (χ0v) is 12.6. The van der Waals surface area contributed by atoms with Crippen molar-refractivity contribution in [2.24, 2.45) is 10.2 Å². The molecule has 0 fully saturated rings. The Hall–Kier alpha value is -2.94. The maximum Gasteiger partial charge on any atom is 0.140 e. The summed E-state index contributed by atoms with van der Waals surface area (Å²) in [5, 5.41) is 10.9. The monoisotopic (exact) mass is 300 g/mol. The molecule has 1 heterocycles.